The maximum Gasteiger partial charge on any atom is 0.267 e. The summed E-state index contributed by atoms with van der Waals surface area (Å²) in [5, 5.41) is 10.4. The van der Waals surface area contributed by atoms with Gasteiger partial charge >= 0.3 is 0 Å². The van der Waals surface area contributed by atoms with E-state index in [4.69, 9.17) is 0 Å². The number of hydrogen-bond donors (Lipinski definition) is 1. The van der Waals surface area contributed by atoms with Gasteiger partial charge in [0.15, 0.2) is 5.82 Å². The summed E-state index contributed by atoms with van der Waals surface area (Å²) in [6, 6.07) is 5.11. The van der Waals surface area contributed by atoms with E-state index in [1.807, 2.05) is 11.4 Å². The van der Waals surface area contributed by atoms with Gasteiger partial charge in [0.25, 0.3) is 5.56 Å². The van der Waals surface area contributed by atoms with Crippen LogP contribution in [0.25, 0.3) is 10.2 Å². The Labute approximate surface area is 125 Å². The molecule has 6 nitrogen and oxygen atoms in total. The third kappa shape index (κ3) is 2.92. The molecule has 0 spiro atoms. The van der Waals surface area contributed by atoms with Crippen LogP contribution in [-0.2, 0) is 6.54 Å². The van der Waals surface area contributed by atoms with Crippen LogP contribution in [0.1, 0.15) is 19.2 Å². The first kappa shape index (κ1) is 13.7. The van der Waals surface area contributed by atoms with Crippen LogP contribution in [0.5, 0.6) is 0 Å². The van der Waals surface area contributed by atoms with Gasteiger partial charge in [0.05, 0.1) is 5.39 Å². The molecule has 3 heterocycles. The third-order valence-corrected chi connectivity index (χ3v) is 3.80. The quantitative estimate of drug-likeness (QED) is 0.781. The van der Waals surface area contributed by atoms with E-state index in [1.165, 1.54) is 10.7 Å². The minimum Gasteiger partial charge on any atom is -0.369 e. The molecule has 0 saturated heterocycles. The van der Waals surface area contributed by atoms with Crippen molar-refractivity contribution in [2.75, 3.05) is 11.9 Å². The highest BCUT2D eigenvalue weighted by Crippen LogP contribution is 2.25. The van der Waals surface area contributed by atoms with E-state index < -0.39 is 0 Å². The Kier molecular flexibility index (Phi) is 3.92. The third-order valence-electron chi connectivity index (χ3n) is 2.99. The lowest BCUT2D eigenvalue weighted by molar-refractivity contribution is 0.616. The van der Waals surface area contributed by atoms with Crippen molar-refractivity contribution in [1.82, 2.24) is 19.7 Å². The maximum atomic E-state index is 11.7. The van der Waals surface area contributed by atoms with Crippen LogP contribution < -0.4 is 10.9 Å². The summed E-state index contributed by atoms with van der Waals surface area (Å²) < 4.78 is 1.36. The van der Waals surface area contributed by atoms with Gasteiger partial charge < -0.3 is 5.32 Å². The van der Waals surface area contributed by atoms with Gasteiger partial charge in [0, 0.05) is 18.8 Å². The largest absolute Gasteiger partial charge is 0.369 e. The topological polar surface area (TPSA) is 72.7 Å². The predicted molar refractivity (Wildman–Crippen MR) is 83.8 cm³/mol. The lowest BCUT2D eigenvalue weighted by Gasteiger charge is -2.08. The molecule has 3 aromatic rings. The lowest BCUT2D eigenvalue weighted by atomic mass is 10.3. The van der Waals surface area contributed by atoms with Crippen molar-refractivity contribution in [3.8, 4) is 0 Å². The monoisotopic (exact) mass is 301 g/mol. The van der Waals surface area contributed by atoms with Crippen LogP contribution in [0.3, 0.4) is 0 Å². The van der Waals surface area contributed by atoms with Gasteiger partial charge in [-0.3, -0.25) is 4.79 Å². The molecule has 0 atom stereocenters. The molecule has 0 aliphatic heterocycles. The fraction of sp³-hybridized carbons (Fsp3) is 0.286. The van der Waals surface area contributed by atoms with Crippen LogP contribution in [0, 0.1) is 0 Å². The second kappa shape index (κ2) is 6.01. The second-order valence-corrected chi connectivity index (χ2v) is 5.47. The number of nitrogens with zero attached hydrogens (tertiary/aromatic N) is 4. The Morgan fingerprint density at radius 1 is 1.33 bits per heavy atom. The molecule has 0 unspecified atom stereocenters. The van der Waals surface area contributed by atoms with E-state index >= 15 is 0 Å². The molecule has 0 aliphatic carbocycles. The molecule has 0 saturated carbocycles. The average molecular weight is 301 g/mol. The maximum absolute atomic E-state index is 11.7. The van der Waals surface area contributed by atoms with Crippen LogP contribution >= 0.6 is 11.3 Å². The summed E-state index contributed by atoms with van der Waals surface area (Å²) in [6.07, 6.45) is 2.60. The van der Waals surface area contributed by atoms with E-state index in [-0.39, 0.29) is 12.1 Å². The summed E-state index contributed by atoms with van der Waals surface area (Å²) in [4.78, 5) is 21.7. The van der Waals surface area contributed by atoms with Gasteiger partial charge in [-0.05, 0) is 23.9 Å². The summed E-state index contributed by atoms with van der Waals surface area (Å²) in [5.41, 5.74) is -0.157. The van der Waals surface area contributed by atoms with Gasteiger partial charge in [-0.15, -0.1) is 11.3 Å². The van der Waals surface area contributed by atoms with Crippen LogP contribution in [0.15, 0.2) is 34.6 Å². The van der Waals surface area contributed by atoms with E-state index in [1.54, 1.807) is 23.6 Å². The van der Waals surface area contributed by atoms with Crippen LogP contribution in [0.4, 0.5) is 5.82 Å². The molecule has 3 rings (SSSR count). The van der Waals surface area contributed by atoms with Gasteiger partial charge in [0.2, 0.25) is 0 Å². The number of nitrogens with one attached hydrogen (secondary N) is 1. The highest BCUT2D eigenvalue weighted by Gasteiger charge is 2.09. The molecule has 0 fully saturated rings. The van der Waals surface area contributed by atoms with Crippen LogP contribution in [0.2, 0.25) is 0 Å². The minimum absolute atomic E-state index is 0.157. The van der Waals surface area contributed by atoms with Crippen LogP contribution in [-0.4, -0.2) is 26.3 Å². The molecule has 108 valence electrons. The minimum atomic E-state index is -0.157. The molecular formula is C14H15N5OS. The van der Waals surface area contributed by atoms with Gasteiger partial charge in [0.1, 0.15) is 17.2 Å². The van der Waals surface area contributed by atoms with Crippen molar-refractivity contribution in [2.45, 2.75) is 19.9 Å². The highest BCUT2D eigenvalue weighted by atomic mass is 32.1. The Morgan fingerprint density at radius 2 is 2.24 bits per heavy atom. The highest BCUT2D eigenvalue weighted by molar-refractivity contribution is 7.16. The van der Waals surface area contributed by atoms with Gasteiger partial charge in [-0.2, -0.15) is 5.10 Å². The van der Waals surface area contributed by atoms with Crippen molar-refractivity contribution in [3.63, 3.8) is 0 Å². The Balaban J connectivity index is 1.99. The fourth-order valence-electron chi connectivity index (χ4n) is 1.99. The molecule has 1 N–H and O–H groups in total. The number of fused-ring (bicyclic) bond motifs is 1. The molecule has 21 heavy (non-hydrogen) atoms. The van der Waals surface area contributed by atoms with Crippen molar-refractivity contribution >= 4 is 27.4 Å². The number of thiophene rings is 1. The summed E-state index contributed by atoms with van der Waals surface area (Å²) in [5.74, 6) is 1.41. The zero-order chi connectivity index (χ0) is 14.7. The Bertz CT molecular complexity index is 810. The van der Waals surface area contributed by atoms with E-state index in [2.05, 4.69) is 27.3 Å². The number of anilines is 1. The smallest absolute Gasteiger partial charge is 0.267 e. The van der Waals surface area contributed by atoms with E-state index in [0.717, 1.165) is 29.0 Å². The SMILES string of the molecule is CCCNc1nc(Cn2ncccc2=O)nc2sccc12. The molecule has 0 bridgehead atoms. The summed E-state index contributed by atoms with van der Waals surface area (Å²) in [6.45, 7) is 3.23. The number of rotatable bonds is 5. The molecule has 0 radical (unpaired) electrons. The Hall–Kier alpha value is -2.28. The normalized spacial score (nSPS) is 10.9. The van der Waals surface area contributed by atoms with Gasteiger partial charge in [-0.1, -0.05) is 6.92 Å². The first-order valence-corrected chi connectivity index (χ1v) is 7.66. The average Bonchev–Trinajstić information content (AvgIpc) is 2.95. The molecule has 3 aromatic heterocycles. The molecule has 0 aliphatic rings. The number of aromatic nitrogens is 4. The predicted octanol–water partition coefficient (Wildman–Crippen LogP) is 2.12. The standard InChI is InChI=1S/C14H15N5OS/c1-2-6-15-13-10-5-8-21-14(10)18-11(17-13)9-19-12(20)4-3-7-16-19/h3-5,7-8H,2,6,9H2,1H3,(H,15,17,18). The molecule has 0 amide bonds. The molecule has 0 aromatic carbocycles. The zero-order valence-electron chi connectivity index (χ0n) is 11.6. The van der Waals surface area contributed by atoms with Crippen molar-refractivity contribution < 1.29 is 0 Å². The second-order valence-electron chi connectivity index (χ2n) is 4.57. The molecule has 7 heteroatoms. The van der Waals surface area contributed by atoms with Crippen molar-refractivity contribution in [1.29, 1.82) is 0 Å². The fourth-order valence-corrected chi connectivity index (χ4v) is 2.77. The van der Waals surface area contributed by atoms with E-state index in [0.29, 0.717) is 5.82 Å². The summed E-state index contributed by atoms with van der Waals surface area (Å²) >= 11 is 1.56. The zero-order valence-corrected chi connectivity index (χ0v) is 12.4. The van der Waals surface area contributed by atoms with Crippen molar-refractivity contribution in [3.05, 3.63) is 46.0 Å². The number of hydrogen-bond acceptors (Lipinski definition) is 6. The Morgan fingerprint density at radius 3 is 3.05 bits per heavy atom. The molecular weight excluding hydrogens is 286 g/mol. The van der Waals surface area contributed by atoms with Gasteiger partial charge in [-0.25, -0.2) is 14.6 Å². The first-order chi connectivity index (χ1) is 10.3. The van der Waals surface area contributed by atoms with Crippen molar-refractivity contribution in [2.24, 2.45) is 0 Å². The summed E-state index contributed by atoms with van der Waals surface area (Å²) in [7, 11) is 0. The van der Waals surface area contributed by atoms with E-state index in [9.17, 15) is 4.79 Å². The first-order valence-electron chi connectivity index (χ1n) is 6.78. The lowest BCUT2D eigenvalue weighted by Crippen LogP contribution is -2.23.